The van der Waals surface area contributed by atoms with Crippen molar-refractivity contribution in [3.8, 4) is 0 Å². The number of amides is 1. The molecule has 1 fully saturated rings. The van der Waals surface area contributed by atoms with Crippen LogP contribution in [-0.4, -0.2) is 49.1 Å². The van der Waals surface area contributed by atoms with Gasteiger partial charge in [0.2, 0.25) is 5.91 Å². The molecule has 0 unspecified atom stereocenters. The van der Waals surface area contributed by atoms with E-state index < -0.39 is 33.4 Å². The number of carbonyl (C=O) groups is 2. The highest BCUT2D eigenvalue weighted by molar-refractivity contribution is 7.92. The monoisotopic (exact) mass is 325 g/mol. The largest absolute Gasteiger partial charge is 0.481 e. The Balaban J connectivity index is 2.00. The SMILES string of the molecule is Cc1ccc(S(=O)(=O)CC(=O)N2CCC(C(=O)O)CC2)cc1. The molecule has 2 rings (SSSR count). The summed E-state index contributed by atoms with van der Waals surface area (Å²) in [6, 6.07) is 6.37. The van der Waals surface area contributed by atoms with Crippen molar-refractivity contribution < 1.29 is 23.1 Å². The van der Waals surface area contributed by atoms with Gasteiger partial charge < -0.3 is 10.0 Å². The molecular weight excluding hydrogens is 306 g/mol. The minimum Gasteiger partial charge on any atom is -0.481 e. The summed E-state index contributed by atoms with van der Waals surface area (Å²) < 4.78 is 24.5. The van der Waals surface area contributed by atoms with Gasteiger partial charge in [0.15, 0.2) is 9.84 Å². The smallest absolute Gasteiger partial charge is 0.306 e. The zero-order valence-electron chi connectivity index (χ0n) is 12.4. The van der Waals surface area contributed by atoms with Crippen LogP contribution < -0.4 is 0 Å². The number of hydrogen-bond donors (Lipinski definition) is 1. The van der Waals surface area contributed by atoms with E-state index in [1.807, 2.05) is 6.92 Å². The van der Waals surface area contributed by atoms with Crippen molar-refractivity contribution in [3.63, 3.8) is 0 Å². The number of hydrogen-bond acceptors (Lipinski definition) is 4. The fourth-order valence-electron chi connectivity index (χ4n) is 2.46. The van der Waals surface area contributed by atoms with Gasteiger partial charge in [-0.3, -0.25) is 9.59 Å². The molecule has 120 valence electrons. The van der Waals surface area contributed by atoms with Crippen LogP contribution in [0.3, 0.4) is 0 Å². The standard InChI is InChI=1S/C15H19NO5S/c1-11-2-4-13(5-3-11)22(20,21)10-14(17)16-8-6-12(7-9-16)15(18)19/h2-5,12H,6-10H2,1H3,(H,18,19). The summed E-state index contributed by atoms with van der Waals surface area (Å²) in [5, 5.41) is 8.92. The number of likely N-dealkylation sites (tertiary alicyclic amines) is 1. The lowest BCUT2D eigenvalue weighted by Gasteiger charge is -2.30. The number of carboxylic acid groups (broad SMARTS) is 1. The third-order valence-corrected chi connectivity index (χ3v) is 5.51. The molecule has 1 aromatic rings. The van der Waals surface area contributed by atoms with E-state index >= 15 is 0 Å². The van der Waals surface area contributed by atoms with Gasteiger partial charge in [0.25, 0.3) is 0 Å². The normalized spacial score (nSPS) is 16.5. The van der Waals surface area contributed by atoms with Crippen LogP contribution in [-0.2, 0) is 19.4 Å². The summed E-state index contributed by atoms with van der Waals surface area (Å²) in [4.78, 5) is 24.6. The predicted molar refractivity (Wildman–Crippen MR) is 80.2 cm³/mol. The van der Waals surface area contributed by atoms with Crippen LogP contribution in [0.25, 0.3) is 0 Å². The molecule has 22 heavy (non-hydrogen) atoms. The minimum absolute atomic E-state index is 0.131. The van der Waals surface area contributed by atoms with Gasteiger partial charge in [0.1, 0.15) is 5.75 Å². The molecule has 7 heteroatoms. The van der Waals surface area contributed by atoms with Crippen molar-refractivity contribution in [2.24, 2.45) is 5.92 Å². The molecule has 0 radical (unpaired) electrons. The summed E-state index contributed by atoms with van der Waals surface area (Å²) >= 11 is 0. The first-order valence-corrected chi connectivity index (χ1v) is 8.75. The van der Waals surface area contributed by atoms with Crippen LogP contribution >= 0.6 is 0 Å². The Bertz CT molecular complexity index is 658. The Hall–Kier alpha value is -1.89. The molecule has 6 nitrogen and oxygen atoms in total. The zero-order chi connectivity index (χ0) is 16.3. The number of benzene rings is 1. The van der Waals surface area contributed by atoms with Gasteiger partial charge in [-0.1, -0.05) is 17.7 Å². The molecule has 1 heterocycles. The lowest BCUT2D eigenvalue weighted by Crippen LogP contribution is -2.42. The number of rotatable bonds is 4. The maximum Gasteiger partial charge on any atom is 0.306 e. The van der Waals surface area contributed by atoms with Crippen LogP contribution in [0, 0.1) is 12.8 Å². The van der Waals surface area contributed by atoms with E-state index in [0.717, 1.165) is 5.56 Å². The Morgan fingerprint density at radius 1 is 1.18 bits per heavy atom. The summed E-state index contributed by atoms with van der Waals surface area (Å²) in [6.07, 6.45) is 0.733. The number of aliphatic carboxylic acids is 1. The van der Waals surface area contributed by atoms with Crippen LogP contribution in [0.5, 0.6) is 0 Å². The van der Waals surface area contributed by atoms with E-state index in [4.69, 9.17) is 5.11 Å². The molecule has 0 bridgehead atoms. The molecule has 0 aromatic heterocycles. The fraction of sp³-hybridized carbons (Fsp3) is 0.467. The molecule has 1 aromatic carbocycles. The maximum absolute atomic E-state index is 12.2. The second-order valence-electron chi connectivity index (χ2n) is 5.57. The van der Waals surface area contributed by atoms with Crippen molar-refractivity contribution in [2.75, 3.05) is 18.8 Å². The highest BCUT2D eigenvalue weighted by Crippen LogP contribution is 2.19. The summed E-state index contributed by atoms with van der Waals surface area (Å²) in [5.74, 6) is -2.35. The van der Waals surface area contributed by atoms with Crippen molar-refractivity contribution in [1.29, 1.82) is 0 Å². The molecule has 0 aliphatic carbocycles. The summed E-state index contributed by atoms with van der Waals surface area (Å²) in [5.41, 5.74) is 0.945. The van der Waals surface area contributed by atoms with Gasteiger partial charge in [-0.2, -0.15) is 0 Å². The Labute approximate surface area is 129 Å². The molecule has 0 atom stereocenters. The number of piperidine rings is 1. The van der Waals surface area contributed by atoms with Crippen molar-refractivity contribution in [2.45, 2.75) is 24.7 Å². The molecule has 0 spiro atoms. The summed E-state index contributed by atoms with van der Waals surface area (Å²) in [7, 11) is -3.66. The van der Waals surface area contributed by atoms with Crippen LogP contribution in [0.4, 0.5) is 0 Å². The number of aryl methyl sites for hydroxylation is 1. The first-order valence-electron chi connectivity index (χ1n) is 7.09. The number of carbonyl (C=O) groups excluding carboxylic acids is 1. The Kier molecular flexibility index (Phi) is 4.85. The van der Waals surface area contributed by atoms with Gasteiger partial charge in [-0.05, 0) is 31.9 Å². The van der Waals surface area contributed by atoms with Gasteiger partial charge in [-0.25, -0.2) is 8.42 Å². The van der Waals surface area contributed by atoms with E-state index in [1.165, 1.54) is 17.0 Å². The zero-order valence-corrected chi connectivity index (χ0v) is 13.2. The van der Waals surface area contributed by atoms with Gasteiger partial charge in [-0.15, -0.1) is 0 Å². The first kappa shape index (κ1) is 16.5. The average molecular weight is 325 g/mol. The van der Waals surface area contributed by atoms with Crippen molar-refractivity contribution in [3.05, 3.63) is 29.8 Å². The molecule has 1 aliphatic rings. The topological polar surface area (TPSA) is 91.8 Å². The third kappa shape index (κ3) is 3.85. The van der Waals surface area contributed by atoms with Gasteiger partial charge in [0.05, 0.1) is 10.8 Å². The van der Waals surface area contributed by atoms with E-state index in [9.17, 15) is 18.0 Å². The quantitative estimate of drug-likeness (QED) is 0.895. The second kappa shape index (κ2) is 6.48. The lowest BCUT2D eigenvalue weighted by atomic mass is 9.97. The summed E-state index contributed by atoms with van der Waals surface area (Å²) in [6.45, 7) is 2.44. The van der Waals surface area contributed by atoms with Gasteiger partial charge in [0, 0.05) is 13.1 Å². The number of carboxylic acids is 1. The maximum atomic E-state index is 12.2. The molecular formula is C15H19NO5S. The van der Waals surface area contributed by atoms with Crippen molar-refractivity contribution in [1.82, 2.24) is 4.90 Å². The lowest BCUT2D eigenvalue weighted by molar-refractivity contribution is -0.145. The highest BCUT2D eigenvalue weighted by atomic mass is 32.2. The molecule has 1 aliphatic heterocycles. The van der Waals surface area contributed by atoms with Crippen LogP contribution in [0.1, 0.15) is 18.4 Å². The number of nitrogens with zero attached hydrogens (tertiary/aromatic N) is 1. The van der Waals surface area contributed by atoms with E-state index in [-0.39, 0.29) is 4.90 Å². The number of sulfone groups is 1. The van der Waals surface area contributed by atoms with Crippen molar-refractivity contribution >= 4 is 21.7 Å². The molecule has 1 amide bonds. The van der Waals surface area contributed by atoms with E-state index in [0.29, 0.717) is 25.9 Å². The predicted octanol–water partition coefficient (Wildman–Crippen LogP) is 1.09. The molecule has 0 saturated carbocycles. The second-order valence-corrected chi connectivity index (χ2v) is 7.56. The van der Waals surface area contributed by atoms with Crippen LogP contribution in [0.15, 0.2) is 29.2 Å². The van der Waals surface area contributed by atoms with Crippen LogP contribution in [0.2, 0.25) is 0 Å². The minimum atomic E-state index is -3.66. The highest BCUT2D eigenvalue weighted by Gasteiger charge is 2.29. The molecule has 1 saturated heterocycles. The molecule has 1 N–H and O–H groups in total. The average Bonchev–Trinajstić information content (AvgIpc) is 2.47. The van der Waals surface area contributed by atoms with E-state index in [1.54, 1.807) is 12.1 Å². The van der Waals surface area contributed by atoms with Gasteiger partial charge >= 0.3 is 5.97 Å². The van der Waals surface area contributed by atoms with E-state index in [2.05, 4.69) is 0 Å². The Morgan fingerprint density at radius 3 is 2.23 bits per heavy atom. The third-order valence-electron chi connectivity index (χ3n) is 3.89. The first-order chi connectivity index (χ1) is 10.3. The fourth-order valence-corrected chi connectivity index (χ4v) is 3.68. The Morgan fingerprint density at radius 2 is 1.73 bits per heavy atom.